The fourth-order valence-electron chi connectivity index (χ4n) is 3.45. The molecule has 2 heterocycles. The lowest BCUT2D eigenvalue weighted by molar-refractivity contribution is -0.120. The van der Waals surface area contributed by atoms with Crippen LogP contribution in [-0.4, -0.2) is 29.2 Å². The van der Waals surface area contributed by atoms with E-state index in [1.807, 2.05) is 12.1 Å². The van der Waals surface area contributed by atoms with Gasteiger partial charge in [-0.25, -0.2) is 0 Å². The highest BCUT2D eigenvalue weighted by atomic mass is 16.1. The molecule has 0 spiro atoms. The summed E-state index contributed by atoms with van der Waals surface area (Å²) in [6.45, 7) is 2.12. The van der Waals surface area contributed by atoms with Crippen molar-refractivity contribution in [2.45, 2.75) is 57.8 Å². The van der Waals surface area contributed by atoms with E-state index in [1.165, 1.54) is 32.1 Å². The Morgan fingerprint density at radius 2 is 1.64 bits per heavy atom. The van der Waals surface area contributed by atoms with E-state index in [4.69, 9.17) is 0 Å². The molecule has 1 aliphatic heterocycles. The summed E-state index contributed by atoms with van der Waals surface area (Å²) in [4.78, 5) is 14.5. The molecule has 1 amide bonds. The summed E-state index contributed by atoms with van der Waals surface area (Å²) in [6, 6.07) is 3.86. The fourth-order valence-corrected chi connectivity index (χ4v) is 3.45. The quantitative estimate of drug-likeness (QED) is 0.930. The average Bonchev–Trinajstić information content (AvgIpc) is 2.86. The van der Waals surface area contributed by atoms with Crippen LogP contribution in [-0.2, 0) is 4.79 Å². The second-order valence-corrected chi connectivity index (χ2v) is 6.50. The molecular formula is C17H26N4O. The van der Waals surface area contributed by atoms with Crippen molar-refractivity contribution in [1.29, 1.82) is 0 Å². The van der Waals surface area contributed by atoms with Crippen molar-refractivity contribution in [3.8, 4) is 0 Å². The summed E-state index contributed by atoms with van der Waals surface area (Å²) in [5, 5.41) is 11.4. The van der Waals surface area contributed by atoms with Crippen LogP contribution in [0.25, 0.3) is 0 Å². The summed E-state index contributed by atoms with van der Waals surface area (Å²) in [7, 11) is 0. The largest absolute Gasteiger partial charge is 0.355 e. The molecule has 1 saturated carbocycles. The van der Waals surface area contributed by atoms with Gasteiger partial charge in [0.25, 0.3) is 0 Å². The first-order chi connectivity index (χ1) is 10.8. The number of carbonyl (C=O) groups is 1. The van der Waals surface area contributed by atoms with E-state index in [-0.39, 0.29) is 11.8 Å². The Kier molecular flexibility index (Phi) is 5.24. The zero-order chi connectivity index (χ0) is 15.2. The summed E-state index contributed by atoms with van der Waals surface area (Å²) in [5.41, 5.74) is 0. The molecule has 2 aliphatic rings. The van der Waals surface area contributed by atoms with Crippen molar-refractivity contribution in [2.24, 2.45) is 5.92 Å². The molecule has 0 atom stereocenters. The third-order valence-corrected chi connectivity index (χ3v) is 4.81. The number of carbonyl (C=O) groups excluding carboxylic acids is 1. The van der Waals surface area contributed by atoms with Crippen LogP contribution in [0.15, 0.2) is 12.1 Å². The Morgan fingerprint density at radius 1 is 0.955 bits per heavy atom. The van der Waals surface area contributed by atoms with Crippen molar-refractivity contribution >= 4 is 17.5 Å². The number of aromatic nitrogens is 2. The molecule has 2 fully saturated rings. The average molecular weight is 302 g/mol. The molecular weight excluding hydrogens is 276 g/mol. The van der Waals surface area contributed by atoms with Crippen molar-refractivity contribution in [3.05, 3.63) is 12.1 Å². The SMILES string of the molecule is O=C(Nc1ccc(N2CCCCCC2)nn1)C1CCCCC1. The van der Waals surface area contributed by atoms with Crippen LogP contribution in [0.3, 0.4) is 0 Å². The zero-order valence-corrected chi connectivity index (χ0v) is 13.3. The van der Waals surface area contributed by atoms with Crippen LogP contribution < -0.4 is 10.2 Å². The molecule has 1 aliphatic carbocycles. The smallest absolute Gasteiger partial charge is 0.228 e. The third-order valence-electron chi connectivity index (χ3n) is 4.81. The van der Waals surface area contributed by atoms with Gasteiger partial charge >= 0.3 is 0 Å². The Bertz CT molecular complexity index is 474. The van der Waals surface area contributed by atoms with Gasteiger partial charge in [0.15, 0.2) is 11.6 Å². The molecule has 0 aromatic carbocycles. The minimum Gasteiger partial charge on any atom is -0.355 e. The number of nitrogens with zero attached hydrogens (tertiary/aromatic N) is 3. The highest BCUT2D eigenvalue weighted by molar-refractivity contribution is 5.91. The summed E-state index contributed by atoms with van der Waals surface area (Å²) in [5.74, 6) is 1.77. The predicted octanol–water partition coefficient (Wildman–Crippen LogP) is 3.38. The van der Waals surface area contributed by atoms with Crippen LogP contribution in [0.1, 0.15) is 57.8 Å². The monoisotopic (exact) mass is 302 g/mol. The normalized spacial score (nSPS) is 20.5. The molecule has 1 saturated heterocycles. The molecule has 0 radical (unpaired) electrons. The van der Waals surface area contributed by atoms with Gasteiger partial charge in [0.05, 0.1) is 0 Å². The maximum atomic E-state index is 12.2. The Hall–Kier alpha value is -1.65. The van der Waals surface area contributed by atoms with E-state index >= 15 is 0 Å². The van der Waals surface area contributed by atoms with Gasteiger partial charge in [0, 0.05) is 19.0 Å². The van der Waals surface area contributed by atoms with Crippen molar-refractivity contribution in [2.75, 3.05) is 23.3 Å². The molecule has 5 heteroatoms. The van der Waals surface area contributed by atoms with E-state index in [2.05, 4.69) is 20.4 Å². The lowest BCUT2D eigenvalue weighted by Crippen LogP contribution is -2.27. The predicted molar refractivity (Wildman–Crippen MR) is 87.9 cm³/mol. The van der Waals surface area contributed by atoms with Crippen LogP contribution in [0.5, 0.6) is 0 Å². The molecule has 1 aromatic rings. The Balaban J connectivity index is 1.57. The fraction of sp³-hybridized carbons (Fsp3) is 0.706. The molecule has 120 valence electrons. The van der Waals surface area contributed by atoms with Gasteiger partial charge in [0.1, 0.15) is 0 Å². The number of hydrogen-bond donors (Lipinski definition) is 1. The summed E-state index contributed by atoms with van der Waals surface area (Å²) >= 11 is 0. The van der Waals surface area contributed by atoms with Crippen LogP contribution in [0.4, 0.5) is 11.6 Å². The molecule has 1 N–H and O–H groups in total. The number of amides is 1. The number of anilines is 2. The van der Waals surface area contributed by atoms with Gasteiger partial charge in [-0.2, -0.15) is 0 Å². The van der Waals surface area contributed by atoms with Crippen molar-refractivity contribution < 1.29 is 4.79 Å². The first-order valence-electron chi connectivity index (χ1n) is 8.72. The van der Waals surface area contributed by atoms with E-state index in [0.717, 1.165) is 44.6 Å². The van der Waals surface area contributed by atoms with Crippen LogP contribution in [0.2, 0.25) is 0 Å². The van der Waals surface area contributed by atoms with Crippen LogP contribution in [0, 0.1) is 5.92 Å². The lowest BCUT2D eigenvalue weighted by atomic mass is 9.89. The molecule has 22 heavy (non-hydrogen) atoms. The Labute approximate surface area is 132 Å². The van der Waals surface area contributed by atoms with Gasteiger partial charge in [-0.05, 0) is 37.8 Å². The lowest BCUT2D eigenvalue weighted by Gasteiger charge is -2.22. The third kappa shape index (κ3) is 3.96. The minimum absolute atomic E-state index is 0.108. The second kappa shape index (κ2) is 7.56. The highest BCUT2D eigenvalue weighted by Gasteiger charge is 2.21. The first-order valence-corrected chi connectivity index (χ1v) is 8.72. The first kappa shape index (κ1) is 15.3. The van der Waals surface area contributed by atoms with Gasteiger partial charge in [-0.1, -0.05) is 32.1 Å². The highest BCUT2D eigenvalue weighted by Crippen LogP contribution is 2.25. The van der Waals surface area contributed by atoms with E-state index in [1.54, 1.807) is 0 Å². The van der Waals surface area contributed by atoms with Crippen LogP contribution >= 0.6 is 0 Å². The molecule has 0 bridgehead atoms. The molecule has 0 unspecified atom stereocenters. The zero-order valence-electron chi connectivity index (χ0n) is 13.3. The van der Waals surface area contributed by atoms with E-state index < -0.39 is 0 Å². The second-order valence-electron chi connectivity index (χ2n) is 6.50. The number of hydrogen-bond acceptors (Lipinski definition) is 4. The van der Waals surface area contributed by atoms with Gasteiger partial charge < -0.3 is 10.2 Å². The minimum atomic E-state index is 0.108. The van der Waals surface area contributed by atoms with Gasteiger partial charge in [-0.3, -0.25) is 4.79 Å². The standard InChI is InChI=1S/C17H26N4O/c22-17(14-8-4-3-5-9-14)18-15-10-11-16(20-19-15)21-12-6-1-2-7-13-21/h10-11,14H,1-9,12-13H2,(H,18,19,22). The maximum Gasteiger partial charge on any atom is 0.228 e. The topological polar surface area (TPSA) is 58.1 Å². The summed E-state index contributed by atoms with van der Waals surface area (Å²) < 4.78 is 0. The molecule has 1 aromatic heterocycles. The van der Waals surface area contributed by atoms with Gasteiger partial charge in [-0.15, -0.1) is 10.2 Å². The number of rotatable bonds is 3. The van der Waals surface area contributed by atoms with E-state index in [9.17, 15) is 4.79 Å². The van der Waals surface area contributed by atoms with Gasteiger partial charge in [0.2, 0.25) is 5.91 Å². The molecule has 5 nitrogen and oxygen atoms in total. The van der Waals surface area contributed by atoms with E-state index in [0.29, 0.717) is 5.82 Å². The van der Waals surface area contributed by atoms with Crippen molar-refractivity contribution in [3.63, 3.8) is 0 Å². The number of nitrogens with one attached hydrogen (secondary N) is 1. The molecule has 3 rings (SSSR count). The van der Waals surface area contributed by atoms with Crippen molar-refractivity contribution in [1.82, 2.24) is 10.2 Å². The maximum absolute atomic E-state index is 12.2. The Morgan fingerprint density at radius 3 is 2.27 bits per heavy atom. The summed E-state index contributed by atoms with van der Waals surface area (Å²) in [6.07, 6.45) is 10.7.